The average Bonchev–Trinajstić information content (AvgIpc) is 2.34. The first-order valence-electron chi connectivity index (χ1n) is 5.41. The van der Waals surface area contributed by atoms with Crippen molar-refractivity contribution >= 4 is 17.8 Å². The molecule has 1 aliphatic heterocycles. The zero-order valence-electron chi connectivity index (χ0n) is 9.43. The second kappa shape index (κ2) is 4.78. The van der Waals surface area contributed by atoms with Gasteiger partial charge in [0.05, 0.1) is 13.0 Å². The molecular formula is C14H13NO2. The Morgan fingerprint density at radius 3 is 2.53 bits per heavy atom. The number of carbonyl (C=O) groups is 2. The van der Waals surface area contributed by atoms with Crippen molar-refractivity contribution in [2.75, 3.05) is 0 Å². The number of hydrogen-bond donors (Lipinski definition) is 0. The molecule has 0 spiro atoms. The lowest BCUT2D eigenvalue weighted by Gasteiger charge is -2.20. The third-order valence-corrected chi connectivity index (χ3v) is 2.65. The van der Waals surface area contributed by atoms with Crippen molar-refractivity contribution < 1.29 is 9.59 Å². The zero-order valence-corrected chi connectivity index (χ0v) is 9.43. The van der Waals surface area contributed by atoms with Crippen LogP contribution in [0.1, 0.15) is 17.5 Å². The molecule has 17 heavy (non-hydrogen) atoms. The van der Waals surface area contributed by atoms with E-state index in [4.69, 9.17) is 0 Å². The van der Waals surface area contributed by atoms with Crippen LogP contribution >= 0.6 is 0 Å². The highest BCUT2D eigenvalue weighted by Crippen LogP contribution is 2.12. The Labute approximate surface area is 100 Å². The maximum atomic E-state index is 11.6. The monoisotopic (exact) mass is 227 g/mol. The van der Waals surface area contributed by atoms with Crippen LogP contribution in [0.25, 0.3) is 6.08 Å². The Balaban J connectivity index is 2.10. The molecule has 2 rings (SSSR count). The number of allylic oxidation sites excluding steroid dienone is 1. The van der Waals surface area contributed by atoms with E-state index in [1.54, 1.807) is 17.2 Å². The normalized spacial score (nSPS) is 15.2. The molecule has 0 saturated carbocycles. The van der Waals surface area contributed by atoms with E-state index < -0.39 is 0 Å². The summed E-state index contributed by atoms with van der Waals surface area (Å²) in [5, 5.41) is 0. The van der Waals surface area contributed by atoms with Gasteiger partial charge in [-0.3, -0.25) is 9.59 Å². The molecule has 0 N–H and O–H groups in total. The molecule has 0 saturated heterocycles. The molecule has 0 fully saturated rings. The van der Waals surface area contributed by atoms with Gasteiger partial charge in [-0.15, -0.1) is 0 Å². The van der Waals surface area contributed by atoms with Crippen molar-refractivity contribution in [1.29, 1.82) is 0 Å². The minimum absolute atomic E-state index is 0.0265. The average molecular weight is 227 g/mol. The van der Waals surface area contributed by atoms with Gasteiger partial charge in [0.25, 0.3) is 0 Å². The number of amides is 1. The molecule has 0 bridgehead atoms. The molecule has 0 aromatic heterocycles. The summed E-state index contributed by atoms with van der Waals surface area (Å²) in [6.45, 7) is 4.18. The minimum Gasteiger partial charge on any atom is -0.314 e. The minimum atomic E-state index is -0.148. The fourth-order valence-electron chi connectivity index (χ4n) is 1.66. The first kappa shape index (κ1) is 11.3. The quantitative estimate of drug-likeness (QED) is 0.742. The van der Waals surface area contributed by atoms with E-state index in [9.17, 15) is 9.59 Å². The van der Waals surface area contributed by atoms with Gasteiger partial charge in [0.1, 0.15) is 0 Å². The second-order valence-corrected chi connectivity index (χ2v) is 3.93. The molecule has 1 aliphatic rings. The van der Waals surface area contributed by atoms with E-state index in [0.717, 1.165) is 11.1 Å². The third kappa shape index (κ3) is 2.69. The van der Waals surface area contributed by atoms with E-state index in [-0.39, 0.29) is 18.1 Å². The fraction of sp³-hybridized carbons (Fsp3) is 0.143. The second-order valence-electron chi connectivity index (χ2n) is 3.93. The van der Waals surface area contributed by atoms with Gasteiger partial charge in [-0.2, -0.15) is 0 Å². The molecule has 3 heteroatoms. The van der Waals surface area contributed by atoms with E-state index in [0.29, 0.717) is 6.54 Å². The molecule has 3 nitrogen and oxygen atoms in total. The third-order valence-electron chi connectivity index (χ3n) is 2.65. The highest BCUT2D eigenvalue weighted by atomic mass is 16.2. The van der Waals surface area contributed by atoms with Gasteiger partial charge in [-0.25, -0.2) is 0 Å². The van der Waals surface area contributed by atoms with Crippen LogP contribution < -0.4 is 0 Å². The number of benzene rings is 1. The lowest BCUT2D eigenvalue weighted by molar-refractivity contribution is -0.133. The van der Waals surface area contributed by atoms with Gasteiger partial charge in [0.2, 0.25) is 5.91 Å². The number of ketones is 1. The number of rotatable bonds is 3. The first-order chi connectivity index (χ1) is 8.19. The summed E-state index contributed by atoms with van der Waals surface area (Å²) < 4.78 is 0. The Bertz CT molecular complexity index is 485. The van der Waals surface area contributed by atoms with Crippen LogP contribution in [0.3, 0.4) is 0 Å². The number of carbonyl (C=O) groups excluding carboxylic acids is 2. The van der Waals surface area contributed by atoms with Crippen molar-refractivity contribution in [3.8, 4) is 0 Å². The van der Waals surface area contributed by atoms with Crippen molar-refractivity contribution in [3.63, 3.8) is 0 Å². The van der Waals surface area contributed by atoms with Crippen LogP contribution in [0, 0.1) is 0 Å². The Morgan fingerprint density at radius 2 is 1.94 bits per heavy atom. The Hall–Kier alpha value is -2.16. The van der Waals surface area contributed by atoms with Gasteiger partial charge in [-0.1, -0.05) is 36.9 Å². The zero-order chi connectivity index (χ0) is 12.3. The molecule has 0 aliphatic carbocycles. The Morgan fingerprint density at radius 1 is 1.24 bits per heavy atom. The first-order valence-corrected chi connectivity index (χ1v) is 5.41. The highest BCUT2D eigenvalue weighted by molar-refractivity contribution is 6.06. The molecule has 0 radical (unpaired) electrons. The molecule has 1 aromatic carbocycles. The molecule has 1 aromatic rings. The summed E-state index contributed by atoms with van der Waals surface area (Å²) in [4.78, 5) is 24.1. The van der Waals surface area contributed by atoms with Crippen LogP contribution in [-0.2, 0) is 16.1 Å². The van der Waals surface area contributed by atoms with Crippen LogP contribution in [0.4, 0.5) is 0 Å². The molecule has 0 unspecified atom stereocenters. The smallest absolute Gasteiger partial charge is 0.234 e. The summed E-state index contributed by atoms with van der Waals surface area (Å²) in [5.41, 5.74) is 2.08. The predicted octanol–water partition coefficient (Wildman–Crippen LogP) is 2.14. The molecule has 1 heterocycles. The highest BCUT2D eigenvalue weighted by Gasteiger charge is 2.18. The van der Waals surface area contributed by atoms with Crippen LogP contribution in [0.2, 0.25) is 0 Å². The van der Waals surface area contributed by atoms with Crippen molar-refractivity contribution in [1.82, 2.24) is 4.90 Å². The van der Waals surface area contributed by atoms with Crippen LogP contribution in [0.15, 0.2) is 43.1 Å². The summed E-state index contributed by atoms with van der Waals surface area (Å²) >= 11 is 0. The largest absolute Gasteiger partial charge is 0.314 e. The molecular weight excluding hydrogens is 214 g/mol. The standard InChI is InChI=1S/C14H13NO2/c1-2-11-3-5-12(6-4-11)10-15-8-7-13(16)9-14(15)17/h2-8H,1,9-10H2. The van der Waals surface area contributed by atoms with E-state index in [2.05, 4.69) is 6.58 Å². The summed E-state index contributed by atoms with van der Waals surface area (Å²) in [6.07, 6.45) is 4.74. The maximum absolute atomic E-state index is 11.6. The van der Waals surface area contributed by atoms with Crippen LogP contribution in [-0.4, -0.2) is 16.6 Å². The van der Waals surface area contributed by atoms with E-state index >= 15 is 0 Å². The molecule has 86 valence electrons. The van der Waals surface area contributed by atoms with Crippen molar-refractivity contribution in [2.24, 2.45) is 0 Å². The van der Waals surface area contributed by atoms with Gasteiger partial charge in [0, 0.05) is 6.20 Å². The van der Waals surface area contributed by atoms with Crippen molar-refractivity contribution in [2.45, 2.75) is 13.0 Å². The molecule has 1 amide bonds. The summed E-state index contributed by atoms with van der Waals surface area (Å²) in [6, 6.07) is 7.81. The lowest BCUT2D eigenvalue weighted by Crippen LogP contribution is -2.30. The fourth-order valence-corrected chi connectivity index (χ4v) is 1.66. The van der Waals surface area contributed by atoms with Gasteiger partial charge >= 0.3 is 0 Å². The number of hydrogen-bond acceptors (Lipinski definition) is 2. The summed E-state index contributed by atoms with van der Waals surface area (Å²) in [5.74, 6) is -0.279. The lowest BCUT2D eigenvalue weighted by atomic mass is 10.1. The SMILES string of the molecule is C=Cc1ccc(CN2C=CC(=O)CC2=O)cc1. The Kier molecular flexibility index (Phi) is 3.19. The summed E-state index contributed by atoms with van der Waals surface area (Å²) in [7, 11) is 0. The maximum Gasteiger partial charge on any atom is 0.234 e. The predicted molar refractivity (Wildman–Crippen MR) is 65.8 cm³/mol. The van der Waals surface area contributed by atoms with Crippen LogP contribution in [0.5, 0.6) is 0 Å². The van der Waals surface area contributed by atoms with Crippen molar-refractivity contribution in [3.05, 3.63) is 54.2 Å². The van der Waals surface area contributed by atoms with Gasteiger partial charge < -0.3 is 4.90 Å². The van der Waals surface area contributed by atoms with E-state index in [1.807, 2.05) is 24.3 Å². The van der Waals surface area contributed by atoms with Gasteiger partial charge in [-0.05, 0) is 17.2 Å². The molecule has 0 atom stereocenters. The number of nitrogens with zero attached hydrogens (tertiary/aromatic N) is 1. The van der Waals surface area contributed by atoms with Gasteiger partial charge in [0.15, 0.2) is 5.78 Å². The topological polar surface area (TPSA) is 37.4 Å². The van der Waals surface area contributed by atoms with E-state index in [1.165, 1.54) is 6.08 Å².